The minimum absolute atomic E-state index is 0.154. The van der Waals surface area contributed by atoms with Gasteiger partial charge in [0.15, 0.2) is 0 Å². The first kappa shape index (κ1) is 25.2. The smallest absolute Gasteiger partial charge is 0.248 e. The number of anilines is 3. The van der Waals surface area contributed by atoms with Crippen LogP contribution in [0.25, 0.3) is 65.7 Å². The lowest BCUT2D eigenvalue weighted by Gasteiger charge is -2.38. The molecule has 0 saturated heterocycles. The summed E-state index contributed by atoms with van der Waals surface area (Å²) in [5, 5.41) is 7.30. The van der Waals surface area contributed by atoms with Gasteiger partial charge in [0.2, 0.25) is 6.71 Å². The minimum atomic E-state index is 0.154. The van der Waals surface area contributed by atoms with Crippen LogP contribution in [-0.4, -0.2) is 6.71 Å². The molecule has 1 aromatic heterocycles. The molecule has 0 N–H and O–H groups in total. The molecular formula is C44H26BNO. The number of furan rings is 1. The summed E-state index contributed by atoms with van der Waals surface area (Å²) in [4.78, 5) is 2.57. The fourth-order valence-corrected chi connectivity index (χ4v) is 8.52. The second-order valence-corrected chi connectivity index (χ2v) is 12.8. The summed E-state index contributed by atoms with van der Waals surface area (Å²) in [6.45, 7) is 0.154. The van der Waals surface area contributed by atoms with Crippen LogP contribution >= 0.6 is 0 Å². The van der Waals surface area contributed by atoms with Crippen LogP contribution in [0.3, 0.4) is 0 Å². The van der Waals surface area contributed by atoms with E-state index in [1.807, 2.05) is 6.07 Å². The monoisotopic (exact) mass is 595 g/mol. The zero-order chi connectivity index (χ0) is 30.6. The zero-order valence-electron chi connectivity index (χ0n) is 25.4. The highest BCUT2D eigenvalue weighted by molar-refractivity contribution is 7.01. The number of para-hydroxylation sites is 1. The molecule has 9 aromatic rings. The van der Waals surface area contributed by atoms with Crippen LogP contribution in [0.2, 0.25) is 0 Å². The zero-order valence-corrected chi connectivity index (χ0v) is 25.4. The van der Waals surface area contributed by atoms with E-state index in [1.165, 1.54) is 77.2 Å². The minimum Gasteiger partial charge on any atom is -0.456 e. The van der Waals surface area contributed by atoms with Crippen molar-refractivity contribution in [1.29, 1.82) is 0 Å². The van der Waals surface area contributed by atoms with Crippen LogP contribution in [0.4, 0.5) is 17.1 Å². The van der Waals surface area contributed by atoms with Gasteiger partial charge in [0.1, 0.15) is 11.2 Å². The van der Waals surface area contributed by atoms with Gasteiger partial charge in [0, 0.05) is 32.9 Å². The Hall–Kier alpha value is -6.06. The van der Waals surface area contributed by atoms with E-state index in [0.717, 1.165) is 21.9 Å². The van der Waals surface area contributed by atoms with E-state index in [2.05, 4.69) is 157 Å². The highest BCUT2D eigenvalue weighted by Gasteiger charge is 2.43. The van der Waals surface area contributed by atoms with Crippen molar-refractivity contribution in [3.63, 3.8) is 0 Å². The lowest BCUT2D eigenvalue weighted by molar-refractivity contribution is 0.669. The van der Waals surface area contributed by atoms with Crippen LogP contribution < -0.4 is 21.3 Å². The number of benzene rings is 8. The summed E-state index contributed by atoms with van der Waals surface area (Å²) >= 11 is 0. The summed E-state index contributed by atoms with van der Waals surface area (Å²) in [5.74, 6) is 0. The van der Waals surface area contributed by atoms with Crippen molar-refractivity contribution in [3.05, 3.63) is 158 Å². The van der Waals surface area contributed by atoms with Crippen LogP contribution in [0.5, 0.6) is 0 Å². The molecule has 11 rings (SSSR count). The van der Waals surface area contributed by atoms with Crippen LogP contribution in [0.1, 0.15) is 0 Å². The molecule has 0 unspecified atom stereocenters. The molecule has 216 valence electrons. The Bertz CT molecular complexity index is 2770. The van der Waals surface area contributed by atoms with Gasteiger partial charge in [0.05, 0.1) is 5.69 Å². The highest BCUT2D eigenvalue weighted by Crippen LogP contribution is 2.48. The standard InChI is InChI=1S/C44H26BNO/c1-3-14-30-27(11-1)13-9-20-38(30)46-39-26-29(31-18-10-22-41-42(31)34-17-6-8-21-40(34)47-41)25-35-33-16-5-7-19-36(33)45(43(35)39)37-24-23-28-12-2-4-15-32(28)44(37)46/h1-26H. The van der Waals surface area contributed by atoms with Gasteiger partial charge < -0.3 is 9.32 Å². The molecule has 2 nitrogen and oxygen atoms in total. The van der Waals surface area contributed by atoms with Gasteiger partial charge in [-0.3, -0.25) is 0 Å². The Morgan fingerprint density at radius 2 is 1.13 bits per heavy atom. The molecule has 2 aliphatic rings. The fraction of sp³-hybridized carbons (Fsp3) is 0. The molecule has 0 aliphatic carbocycles. The quantitative estimate of drug-likeness (QED) is 0.185. The third-order valence-corrected chi connectivity index (χ3v) is 10.4. The van der Waals surface area contributed by atoms with Crippen molar-refractivity contribution in [2.45, 2.75) is 0 Å². The molecule has 2 aliphatic heterocycles. The van der Waals surface area contributed by atoms with Crippen LogP contribution in [-0.2, 0) is 0 Å². The maximum absolute atomic E-state index is 6.37. The van der Waals surface area contributed by atoms with E-state index >= 15 is 0 Å². The van der Waals surface area contributed by atoms with Crippen molar-refractivity contribution in [2.24, 2.45) is 0 Å². The SMILES string of the molecule is c1ccc2c(c1)B1c3ccc4ccccc4c3N(c3cccc4ccccc34)c3cc(-c4cccc5oc6ccccc6c45)cc-2c31. The first-order valence-corrected chi connectivity index (χ1v) is 16.3. The molecule has 0 bridgehead atoms. The molecule has 0 atom stereocenters. The highest BCUT2D eigenvalue weighted by atomic mass is 16.3. The second kappa shape index (κ2) is 9.25. The summed E-state index contributed by atoms with van der Waals surface area (Å²) in [6.07, 6.45) is 0. The Labute approximate surface area is 272 Å². The first-order chi connectivity index (χ1) is 23.3. The van der Waals surface area contributed by atoms with E-state index < -0.39 is 0 Å². The van der Waals surface area contributed by atoms with Crippen molar-refractivity contribution in [1.82, 2.24) is 0 Å². The third kappa shape index (κ3) is 3.35. The maximum Gasteiger partial charge on any atom is 0.248 e. The van der Waals surface area contributed by atoms with Gasteiger partial charge in [0.25, 0.3) is 0 Å². The van der Waals surface area contributed by atoms with Crippen LogP contribution in [0, 0.1) is 0 Å². The van der Waals surface area contributed by atoms with E-state index in [9.17, 15) is 0 Å². The molecule has 8 aromatic carbocycles. The molecule has 3 heterocycles. The largest absolute Gasteiger partial charge is 0.456 e. The Balaban J connectivity index is 1.31. The number of nitrogens with zero attached hydrogens (tertiary/aromatic N) is 1. The topological polar surface area (TPSA) is 16.4 Å². The molecular weight excluding hydrogens is 569 g/mol. The molecule has 0 amide bonds. The van der Waals surface area contributed by atoms with Crippen LogP contribution in [0.15, 0.2) is 162 Å². The second-order valence-electron chi connectivity index (χ2n) is 12.8. The van der Waals surface area contributed by atoms with E-state index in [0.29, 0.717) is 0 Å². The average molecular weight is 596 g/mol. The van der Waals surface area contributed by atoms with Crippen molar-refractivity contribution >= 4 is 83.6 Å². The summed E-state index contributed by atoms with van der Waals surface area (Å²) < 4.78 is 6.37. The normalized spacial score (nSPS) is 13.0. The van der Waals surface area contributed by atoms with Gasteiger partial charge in [-0.1, -0.05) is 133 Å². The summed E-state index contributed by atoms with van der Waals surface area (Å²) in [7, 11) is 0. The van der Waals surface area contributed by atoms with Gasteiger partial charge in [-0.25, -0.2) is 0 Å². The van der Waals surface area contributed by atoms with E-state index in [1.54, 1.807) is 0 Å². The predicted molar refractivity (Wildman–Crippen MR) is 199 cm³/mol. The molecule has 0 radical (unpaired) electrons. The molecule has 0 fully saturated rings. The van der Waals surface area contributed by atoms with Gasteiger partial charge in [-0.2, -0.15) is 0 Å². The lowest BCUT2D eigenvalue weighted by atomic mass is 9.37. The molecule has 47 heavy (non-hydrogen) atoms. The summed E-state index contributed by atoms with van der Waals surface area (Å²) in [5.41, 5.74) is 14.7. The lowest BCUT2D eigenvalue weighted by Crippen LogP contribution is -2.54. The van der Waals surface area contributed by atoms with Crippen molar-refractivity contribution in [3.8, 4) is 22.3 Å². The van der Waals surface area contributed by atoms with Gasteiger partial charge in [-0.15, -0.1) is 0 Å². The molecule has 3 heteroatoms. The maximum atomic E-state index is 6.37. The third-order valence-electron chi connectivity index (χ3n) is 10.4. The Morgan fingerprint density at radius 1 is 0.447 bits per heavy atom. The van der Waals surface area contributed by atoms with E-state index in [-0.39, 0.29) is 6.71 Å². The van der Waals surface area contributed by atoms with Crippen molar-refractivity contribution < 1.29 is 4.42 Å². The van der Waals surface area contributed by atoms with Gasteiger partial charge in [-0.05, 0) is 74.3 Å². The van der Waals surface area contributed by atoms with Gasteiger partial charge >= 0.3 is 0 Å². The summed E-state index contributed by atoms with van der Waals surface area (Å²) in [6, 6.07) is 57.8. The Kier molecular flexibility index (Phi) is 4.95. The van der Waals surface area contributed by atoms with Crippen molar-refractivity contribution in [2.75, 3.05) is 4.90 Å². The number of rotatable bonds is 2. The fourth-order valence-electron chi connectivity index (χ4n) is 8.52. The first-order valence-electron chi connectivity index (χ1n) is 16.3. The van der Waals surface area contributed by atoms with E-state index in [4.69, 9.17) is 4.42 Å². The number of fused-ring (bicyclic) bond motifs is 11. The number of hydrogen-bond acceptors (Lipinski definition) is 2. The average Bonchev–Trinajstić information content (AvgIpc) is 3.68. The predicted octanol–water partition coefficient (Wildman–Crippen LogP) is 9.84. The molecule has 0 saturated carbocycles. The Morgan fingerprint density at radius 3 is 2.04 bits per heavy atom. The molecule has 0 spiro atoms. The number of hydrogen-bond donors (Lipinski definition) is 0.